The van der Waals surface area contributed by atoms with Gasteiger partial charge in [0.25, 0.3) is 11.8 Å². The van der Waals surface area contributed by atoms with Gasteiger partial charge in [0.05, 0.1) is 12.5 Å². The largest absolute Gasteiger partial charge is 0.370 e. The molecule has 0 spiro atoms. The first-order chi connectivity index (χ1) is 17.7. The lowest BCUT2D eigenvalue weighted by atomic mass is 9.97. The molecular formula is C26H32N6O5. The van der Waals surface area contributed by atoms with Gasteiger partial charge in [-0.15, -0.1) is 0 Å². The number of rotatable bonds is 12. The lowest BCUT2D eigenvalue weighted by Crippen LogP contribution is -2.54. The Morgan fingerprint density at radius 3 is 2.49 bits per heavy atom. The van der Waals surface area contributed by atoms with Crippen LogP contribution in [0.3, 0.4) is 0 Å². The highest BCUT2D eigenvalue weighted by Crippen LogP contribution is 2.15. The zero-order valence-corrected chi connectivity index (χ0v) is 20.7. The highest BCUT2D eigenvalue weighted by molar-refractivity contribution is 6.38. The van der Waals surface area contributed by atoms with Crippen LogP contribution in [0.5, 0.6) is 0 Å². The van der Waals surface area contributed by atoms with Crippen LogP contribution in [0.4, 0.5) is 0 Å². The molecule has 1 aromatic heterocycles. The summed E-state index contributed by atoms with van der Waals surface area (Å²) in [7, 11) is 0. The number of Topliss-reactive ketones (excluding diaryl/α,β-unsaturated/α-hetero) is 1. The number of hydrogen-bond acceptors (Lipinski definition) is 7. The van der Waals surface area contributed by atoms with Crippen LogP contribution >= 0.6 is 0 Å². The SMILES string of the molecule is CC(C)C[C@H](NC(=O)c1cnc[nH]1)C(=O)N[C@@H](CC1=CC=CNC1O)C(=O)C(=O)NCc1ccccc1. The average Bonchev–Trinajstić information content (AvgIpc) is 3.43. The normalized spacial score (nSPS) is 16.2. The van der Waals surface area contributed by atoms with Crippen molar-refractivity contribution in [3.05, 3.63) is 78.0 Å². The number of aromatic nitrogens is 2. The van der Waals surface area contributed by atoms with Gasteiger partial charge in [0.1, 0.15) is 24.0 Å². The number of H-pyrrole nitrogens is 1. The number of carbonyl (C=O) groups excluding carboxylic acids is 4. The maximum Gasteiger partial charge on any atom is 0.289 e. The molecule has 196 valence electrons. The van der Waals surface area contributed by atoms with Crippen molar-refractivity contribution in [2.75, 3.05) is 0 Å². The maximum absolute atomic E-state index is 13.3. The minimum Gasteiger partial charge on any atom is -0.370 e. The van der Waals surface area contributed by atoms with Crippen LogP contribution in [-0.4, -0.2) is 56.9 Å². The number of aliphatic hydroxyl groups excluding tert-OH is 1. The van der Waals surface area contributed by atoms with Gasteiger partial charge < -0.3 is 31.4 Å². The van der Waals surface area contributed by atoms with E-state index in [2.05, 4.69) is 31.2 Å². The second-order valence-corrected chi connectivity index (χ2v) is 9.09. The predicted molar refractivity (Wildman–Crippen MR) is 136 cm³/mol. The quantitative estimate of drug-likeness (QED) is 0.229. The molecule has 1 aliphatic heterocycles. The second-order valence-electron chi connectivity index (χ2n) is 9.09. The van der Waals surface area contributed by atoms with E-state index in [9.17, 15) is 24.3 Å². The minimum atomic E-state index is -1.27. The maximum atomic E-state index is 13.3. The number of carbonyl (C=O) groups is 4. The number of allylic oxidation sites excluding steroid dienone is 2. The van der Waals surface area contributed by atoms with E-state index in [1.54, 1.807) is 18.4 Å². The monoisotopic (exact) mass is 508 g/mol. The summed E-state index contributed by atoms with van der Waals surface area (Å²) in [6.07, 6.45) is 6.60. The zero-order valence-electron chi connectivity index (χ0n) is 20.7. The Morgan fingerprint density at radius 2 is 1.84 bits per heavy atom. The van der Waals surface area contributed by atoms with E-state index < -0.39 is 41.8 Å². The van der Waals surface area contributed by atoms with Crippen molar-refractivity contribution in [2.45, 2.75) is 51.5 Å². The van der Waals surface area contributed by atoms with Crippen LogP contribution in [0.1, 0.15) is 42.7 Å². The van der Waals surface area contributed by atoms with Gasteiger partial charge in [-0.05, 0) is 35.8 Å². The Morgan fingerprint density at radius 1 is 1.08 bits per heavy atom. The third-order valence-corrected chi connectivity index (χ3v) is 5.68. The van der Waals surface area contributed by atoms with Gasteiger partial charge in [0.15, 0.2) is 0 Å². The van der Waals surface area contributed by atoms with Crippen molar-refractivity contribution in [1.82, 2.24) is 31.2 Å². The average molecular weight is 509 g/mol. The summed E-state index contributed by atoms with van der Waals surface area (Å²) in [5.41, 5.74) is 1.41. The number of aliphatic hydroxyl groups is 1. The number of dihydropyridines is 1. The van der Waals surface area contributed by atoms with Gasteiger partial charge in [-0.2, -0.15) is 0 Å². The van der Waals surface area contributed by atoms with E-state index in [1.165, 1.54) is 12.5 Å². The topological polar surface area (TPSA) is 165 Å². The molecule has 37 heavy (non-hydrogen) atoms. The summed E-state index contributed by atoms with van der Waals surface area (Å²) in [5, 5.41) is 20.8. The van der Waals surface area contributed by atoms with Crippen LogP contribution < -0.4 is 21.3 Å². The molecule has 1 unspecified atom stereocenters. The van der Waals surface area contributed by atoms with E-state index in [4.69, 9.17) is 0 Å². The fourth-order valence-corrected chi connectivity index (χ4v) is 3.76. The molecule has 2 heterocycles. The van der Waals surface area contributed by atoms with Gasteiger partial charge >= 0.3 is 0 Å². The van der Waals surface area contributed by atoms with Crippen molar-refractivity contribution < 1.29 is 24.3 Å². The summed E-state index contributed by atoms with van der Waals surface area (Å²) in [5.74, 6) is -2.84. The van der Waals surface area contributed by atoms with Gasteiger partial charge in [-0.25, -0.2) is 4.98 Å². The third-order valence-electron chi connectivity index (χ3n) is 5.68. The lowest BCUT2D eigenvalue weighted by Gasteiger charge is -2.26. The molecule has 3 amide bonds. The first-order valence-corrected chi connectivity index (χ1v) is 12.0. The number of nitrogens with zero attached hydrogens (tertiary/aromatic N) is 1. The Labute approximate surface area is 214 Å². The fraction of sp³-hybridized carbons (Fsp3) is 0.346. The van der Waals surface area contributed by atoms with E-state index >= 15 is 0 Å². The van der Waals surface area contributed by atoms with Gasteiger partial charge in [-0.1, -0.05) is 50.3 Å². The van der Waals surface area contributed by atoms with Crippen molar-refractivity contribution >= 4 is 23.5 Å². The second kappa shape index (κ2) is 13.2. The molecule has 6 N–H and O–H groups in total. The summed E-state index contributed by atoms with van der Waals surface area (Å²) >= 11 is 0. The summed E-state index contributed by atoms with van der Waals surface area (Å²) in [6, 6.07) is 6.85. The fourth-order valence-electron chi connectivity index (χ4n) is 3.76. The van der Waals surface area contributed by atoms with Crippen LogP contribution in [-0.2, 0) is 20.9 Å². The highest BCUT2D eigenvalue weighted by atomic mass is 16.3. The summed E-state index contributed by atoms with van der Waals surface area (Å²) < 4.78 is 0. The number of imidazole rings is 1. The van der Waals surface area contributed by atoms with Gasteiger partial charge in [-0.3, -0.25) is 19.2 Å². The molecule has 1 aromatic carbocycles. The molecule has 0 aliphatic carbocycles. The van der Waals surface area contributed by atoms with Crippen LogP contribution in [0, 0.1) is 5.92 Å². The number of hydrogen-bond donors (Lipinski definition) is 6. The molecular weight excluding hydrogens is 476 g/mol. The van der Waals surface area contributed by atoms with Crippen LogP contribution in [0.25, 0.3) is 0 Å². The molecule has 0 fully saturated rings. The molecule has 11 nitrogen and oxygen atoms in total. The zero-order chi connectivity index (χ0) is 26.8. The number of amides is 3. The summed E-state index contributed by atoms with van der Waals surface area (Å²) in [6.45, 7) is 3.92. The highest BCUT2D eigenvalue weighted by Gasteiger charge is 2.32. The molecule has 0 saturated heterocycles. The number of benzene rings is 1. The van der Waals surface area contributed by atoms with Gasteiger partial charge in [0.2, 0.25) is 11.7 Å². The van der Waals surface area contributed by atoms with E-state index in [0.717, 1.165) is 5.56 Å². The summed E-state index contributed by atoms with van der Waals surface area (Å²) in [4.78, 5) is 58.2. The first kappa shape index (κ1) is 27.3. The molecule has 0 bridgehead atoms. The van der Waals surface area contributed by atoms with E-state index in [0.29, 0.717) is 12.0 Å². The molecule has 0 saturated carbocycles. The molecule has 0 radical (unpaired) electrons. The molecule has 11 heteroatoms. The Hall–Kier alpha value is -4.25. The number of nitrogens with one attached hydrogen (secondary N) is 5. The van der Waals surface area contributed by atoms with Crippen molar-refractivity contribution in [2.24, 2.45) is 5.92 Å². The van der Waals surface area contributed by atoms with Crippen molar-refractivity contribution in [3.63, 3.8) is 0 Å². The molecule has 2 aromatic rings. The molecule has 3 atom stereocenters. The van der Waals surface area contributed by atoms with E-state index in [-0.39, 0.29) is 24.6 Å². The number of ketones is 1. The standard InChI is InChI=1S/C26H32N6O5/c1-16(2)11-20(32-25(36)21-14-27-15-30-21)24(35)31-19(12-18-9-6-10-28-23(18)34)22(33)26(37)29-13-17-7-4-3-5-8-17/h3-10,14-16,19-20,23,28,34H,11-13H2,1-2H3,(H,27,30)(H,29,37)(H,31,35)(H,32,36)/t19-,20-,23?/m0/s1. The Bertz CT molecular complexity index is 1140. The van der Waals surface area contributed by atoms with Crippen LogP contribution in [0.15, 0.2) is 66.8 Å². The molecule has 1 aliphatic rings. The minimum absolute atomic E-state index is 0.0401. The Balaban J connectivity index is 1.75. The van der Waals surface area contributed by atoms with Crippen molar-refractivity contribution in [1.29, 1.82) is 0 Å². The Kier molecular flexibility index (Phi) is 9.73. The van der Waals surface area contributed by atoms with E-state index in [1.807, 2.05) is 44.2 Å². The first-order valence-electron chi connectivity index (χ1n) is 12.0. The third kappa shape index (κ3) is 8.14. The smallest absolute Gasteiger partial charge is 0.289 e. The lowest BCUT2D eigenvalue weighted by molar-refractivity contribution is -0.140. The molecule has 3 rings (SSSR count). The number of aromatic amines is 1. The van der Waals surface area contributed by atoms with Gasteiger partial charge in [0, 0.05) is 13.0 Å². The van der Waals surface area contributed by atoms with Crippen LogP contribution in [0.2, 0.25) is 0 Å². The predicted octanol–water partition coefficient (Wildman–Crippen LogP) is 0.676. The van der Waals surface area contributed by atoms with Crippen molar-refractivity contribution in [3.8, 4) is 0 Å².